The first-order chi connectivity index (χ1) is 19.4. The molecule has 3 aromatic carbocycles. The molecule has 1 N–H and O–H groups in total. The van der Waals surface area contributed by atoms with Crippen molar-refractivity contribution >= 4 is 27.5 Å². The van der Waals surface area contributed by atoms with E-state index in [9.17, 15) is 22.4 Å². The SMILES string of the molecule is CCNC(=O)[C@@H](C)N(Cc1ccccc1F)C(=O)CN(c1cc(C)cc(C)c1)S(=O)(=O)c1ccc(OC)c(OC)c1. The Hall–Kier alpha value is -4.12. The number of nitrogens with one attached hydrogen (secondary N) is 1. The maximum absolute atomic E-state index is 14.6. The van der Waals surface area contributed by atoms with E-state index in [0.29, 0.717) is 12.3 Å². The van der Waals surface area contributed by atoms with Gasteiger partial charge in [0.25, 0.3) is 10.0 Å². The van der Waals surface area contributed by atoms with Crippen molar-refractivity contribution in [1.82, 2.24) is 10.2 Å². The second kappa shape index (κ2) is 13.5. The molecule has 0 aliphatic carbocycles. The van der Waals surface area contributed by atoms with Gasteiger partial charge in [0.05, 0.1) is 24.8 Å². The summed E-state index contributed by atoms with van der Waals surface area (Å²) in [6, 6.07) is 14.3. The predicted molar refractivity (Wildman–Crippen MR) is 155 cm³/mol. The van der Waals surface area contributed by atoms with Crippen molar-refractivity contribution in [1.29, 1.82) is 0 Å². The number of hydrogen-bond donors (Lipinski definition) is 1. The highest BCUT2D eigenvalue weighted by Crippen LogP contribution is 2.33. The quantitative estimate of drug-likeness (QED) is 0.342. The Morgan fingerprint density at radius 3 is 2.17 bits per heavy atom. The summed E-state index contributed by atoms with van der Waals surface area (Å²) in [5.74, 6) is -1.13. The lowest BCUT2D eigenvalue weighted by atomic mass is 10.1. The number of carbonyl (C=O) groups excluding carboxylic acids is 2. The molecule has 0 radical (unpaired) electrons. The lowest BCUT2D eigenvalue weighted by Crippen LogP contribution is -2.51. The molecular weight excluding hydrogens is 549 g/mol. The van der Waals surface area contributed by atoms with Gasteiger partial charge >= 0.3 is 0 Å². The molecule has 2 amide bonds. The topological polar surface area (TPSA) is 105 Å². The monoisotopic (exact) mass is 585 g/mol. The van der Waals surface area contributed by atoms with Gasteiger partial charge < -0.3 is 19.7 Å². The summed E-state index contributed by atoms with van der Waals surface area (Å²) < 4.78 is 54.4. The number of methoxy groups -OCH3 is 2. The lowest BCUT2D eigenvalue weighted by Gasteiger charge is -2.32. The highest BCUT2D eigenvalue weighted by molar-refractivity contribution is 7.92. The standard InChI is InChI=1S/C30H36FN3O6S/c1-7-32-30(36)22(4)33(18-23-10-8-9-11-26(23)31)29(35)19-34(24-15-20(2)14-21(3)16-24)41(37,38)25-12-13-27(39-5)28(17-25)40-6/h8-17,22H,7,18-19H2,1-6H3,(H,32,36)/t22-/m1/s1. The van der Waals surface area contributed by atoms with Gasteiger partial charge in [0, 0.05) is 24.7 Å². The average Bonchev–Trinajstić information content (AvgIpc) is 2.94. The number of amides is 2. The summed E-state index contributed by atoms with van der Waals surface area (Å²) in [4.78, 5) is 27.8. The van der Waals surface area contributed by atoms with Gasteiger partial charge in [-0.25, -0.2) is 12.8 Å². The van der Waals surface area contributed by atoms with E-state index in [4.69, 9.17) is 9.47 Å². The van der Waals surface area contributed by atoms with Crippen molar-refractivity contribution in [2.75, 3.05) is 31.6 Å². The normalized spacial score (nSPS) is 11.9. The summed E-state index contributed by atoms with van der Waals surface area (Å²) in [5.41, 5.74) is 2.04. The molecule has 1 atom stereocenters. The Morgan fingerprint density at radius 2 is 1.59 bits per heavy atom. The third kappa shape index (κ3) is 7.35. The number of aryl methyl sites for hydroxylation is 2. The Labute approximate surface area is 240 Å². The van der Waals surface area contributed by atoms with Crippen LogP contribution in [0.4, 0.5) is 10.1 Å². The fourth-order valence-electron chi connectivity index (χ4n) is 4.44. The van der Waals surface area contributed by atoms with Crippen molar-refractivity contribution in [3.63, 3.8) is 0 Å². The van der Waals surface area contributed by atoms with Crippen molar-refractivity contribution in [2.24, 2.45) is 0 Å². The minimum atomic E-state index is -4.34. The number of ether oxygens (including phenoxy) is 2. The Kier molecular flexibility index (Phi) is 10.3. The van der Waals surface area contributed by atoms with Crippen LogP contribution in [0.5, 0.6) is 11.5 Å². The fraction of sp³-hybridized carbons (Fsp3) is 0.333. The number of halogens is 1. The summed E-state index contributed by atoms with van der Waals surface area (Å²) in [5, 5.41) is 2.68. The average molecular weight is 586 g/mol. The highest BCUT2D eigenvalue weighted by atomic mass is 32.2. The lowest BCUT2D eigenvalue weighted by molar-refractivity contribution is -0.139. The van der Waals surface area contributed by atoms with Gasteiger partial charge in [-0.05, 0) is 69.2 Å². The molecule has 0 aromatic heterocycles. The van der Waals surface area contributed by atoms with E-state index >= 15 is 0 Å². The summed E-state index contributed by atoms with van der Waals surface area (Å²) in [6.07, 6.45) is 0. The molecule has 9 nitrogen and oxygen atoms in total. The first-order valence-corrected chi connectivity index (χ1v) is 14.5. The van der Waals surface area contributed by atoms with Crippen molar-refractivity contribution in [2.45, 2.75) is 45.2 Å². The molecule has 3 aromatic rings. The predicted octanol–water partition coefficient (Wildman–Crippen LogP) is 4.21. The minimum Gasteiger partial charge on any atom is -0.493 e. The van der Waals surface area contributed by atoms with Crippen LogP contribution in [0.15, 0.2) is 65.6 Å². The molecule has 41 heavy (non-hydrogen) atoms. The number of sulfonamides is 1. The van der Waals surface area contributed by atoms with Crippen LogP contribution >= 0.6 is 0 Å². The number of likely N-dealkylation sites (N-methyl/N-ethyl adjacent to an activating group) is 1. The van der Waals surface area contributed by atoms with Crippen LogP contribution in [0.25, 0.3) is 0 Å². The Balaban J connectivity index is 2.12. The molecule has 0 aliphatic rings. The minimum absolute atomic E-state index is 0.125. The maximum atomic E-state index is 14.6. The van der Waals surface area contributed by atoms with E-state index in [1.165, 1.54) is 62.4 Å². The van der Waals surface area contributed by atoms with E-state index in [2.05, 4.69) is 5.32 Å². The molecule has 11 heteroatoms. The number of anilines is 1. The van der Waals surface area contributed by atoms with Crippen LogP contribution in [-0.4, -0.2) is 58.5 Å². The summed E-state index contributed by atoms with van der Waals surface area (Å²) >= 11 is 0. The molecule has 0 bridgehead atoms. The van der Waals surface area contributed by atoms with E-state index < -0.39 is 40.2 Å². The van der Waals surface area contributed by atoms with Gasteiger partial charge in [-0.1, -0.05) is 24.3 Å². The molecule has 0 aliphatic heterocycles. The molecular formula is C30H36FN3O6S. The van der Waals surface area contributed by atoms with Gasteiger partial charge in [-0.2, -0.15) is 0 Å². The zero-order chi connectivity index (χ0) is 30.3. The van der Waals surface area contributed by atoms with Gasteiger partial charge in [0.2, 0.25) is 11.8 Å². The summed E-state index contributed by atoms with van der Waals surface area (Å²) in [6.45, 7) is 6.35. The molecule has 220 valence electrons. The maximum Gasteiger partial charge on any atom is 0.264 e. The number of benzene rings is 3. The van der Waals surface area contributed by atoms with E-state index in [-0.39, 0.29) is 28.4 Å². The van der Waals surface area contributed by atoms with Gasteiger partial charge in [0.1, 0.15) is 18.4 Å². The second-order valence-electron chi connectivity index (χ2n) is 9.56. The number of carbonyl (C=O) groups is 2. The first-order valence-electron chi connectivity index (χ1n) is 13.1. The van der Waals surface area contributed by atoms with E-state index in [0.717, 1.165) is 15.4 Å². The second-order valence-corrected chi connectivity index (χ2v) is 11.4. The van der Waals surface area contributed by atoms with Crippen LogP contribution in [0, 0.1) is 19.7 Å². The Morgan fingerprint density at radius 1 is 0.951 bits per heavy atom. The van der Waals surface area contributed by atoms with E-state index in [1.807, 2.05) is 19.9 Å². The van der Waals surface area contributed by atoms with Crippen LogP contribution in [0.1, 0.15) is 30.5 Å². The molecule has 0 fully saturated rings. The van der Waals surface area contributed by atoms with Crippen molar-refractivity contribution < 1.29 is 31.9 Å². The number of hydrogen-bond acceptors (Lipinski definition) is 6. The molecule has 0 spiro atoms. The van der Waals surface area contributed by atoms with Gasteiger partial charge in [0.15, 0.2) is 11.5 Å². The van der Waals surface area contributed by atoms with Crippen LogP contribution in [0.2, 0.25) is 0 Å². The van der Waals surface area contributed by atoms with E-state index in [1.54, 1.807) is 25.1 Å². The van der Waals surface area contributed by atoms with Crippen molar-refractivity contribution in [3.8, 4) is 11.5 Å². The van der Waals surface area contributed by atoms with Crippen LogP contribution in [0.3, 0.4) is 0 Å². The Bertz CT molecular complexity index is 1490. The summed E-state index contributed by atoms with van der Waals surface area (Å²) in [7, 11) is -1.51. The molecule has 0 unspecified atom stereocenters. The number of nitrogens with zero attached hydrogens (tertiary/aromatic N) is 2. The first kappa shape index (κ1) is 31.4. The van der Waals surface area contributed by atoms with Gasteiger partial charge in [-0.3, -0.25) is 13.9 Å². The van der Waals surface area contributed by atoms with Crippen LogP contribution in [-0.2, 0) is 26.2 Å². The zero-order valence-electron chi connectivity index (χ0n) is 24.1. The molecule has 0 saturated carbocycles. The fourth-order valence-corrected chi connectivity index (χ4v) is 5.86. The number of rotatable bonds is 12. The largest absolute Gasteiger partial charge is 0.493 e. The smallest absolute Gasteiger partial charge is 0.264 e. The third-order valence-corrected chi connectivity index (χ3v) is 8.30. The molecule has 0 heterocycles. The molecule has 0 saturated heterocycles. The van der Waals surface area contributed by atoms with Gasteiger partial charge in [-0.15, -0.1) is 0 Å². The van der Waals surface area contributed by atoms with Crippen molar-refractivity contribution in [3.05, 3.63) is 83.2 Å². The van der Waals surface area contributed by atoms with Crippen LogP contribution < -0.4 is 19.1 Å². The highest BCUT2D eigenvalue weighted by Gasteiger charge is 2.33. The zero-order valence-corrected chi connectivity index (χ0v) is 24.9. The third-order valence-electron chi connectivity index (χ3n) is 6.53. The molecule has 3 rings (SSSR count).